The van der Waals surface area contributed by atoms with Crippen LogP contribution in [0.5, 0.6) is 0 Å². The summed E-state index contributed by atoms with van der Waals surface area (Å²) in [5.41, 5.74) is -0.300. The predicted octanol–water partition coefficient (Wildman–Crippen LogP) is 2.33. The first kappa shape index (κ1) is 15.2. The van der Waals surface area contributed by atoms with Crippen LogP contribution in [-0.4, -0.2) is 39.4 Å². The zero-order chi connectivity index (χ0) is 15.6. The van der Waals surface area contributed by atoms with Gasteiger partial charge in [-0.1, -0.05) is 11.6 Å². The van der Waals surface area contributed by atoms with E-state index in [1.54, 1.807) is 0 Å². The van der Waals surface area contributed by atoms with Gasteiger partial charge in [0.15, 0.2) is 0 Å². The van der Waals surface area contributed by atoms with Gasteiger partial charge < -0.3 is 10.0 Å². The number of non-ortho nitro benzene ring substituents is 1. The molecular weight excluding hydrogens is 300 g/mol. The van der Waals surface area contributed by atoms with Crippen molar-refractivity contribution in [3.05, 3.63) is 38.9 Å². The Morgan fingerprint density at radius 2 is 2.10 bits per heavy atom. The monoisotopic (exact) mass is 312 g/mol. The Labute approximate surface area is 125 Å². The molecule has 0 radical (unpaired) electrons. The summed E-state index contributed by atoms with van der Waals surface area (Å²) in [5.74, 6) is -1.67. The molecule has 1 aliphatic heterocycles. The van der Waals surface area contributed by atoms with E-state index in [9.17, 15) is 24.8 Å². The van der Waals surface area contributed by atoms with E-state index in [-0.39, 0.29) is 16.3 Å². The molecule has 112 valence electrons. The van der Waals surface area contributed by atoms with Crippen LogP contribution >= 0.6 is 11.6 Å². The smallest absolute Gasteiger partial charge is 0.326 e. The molecule has 0 spiro atoms. The summed E-state index contributed by atoms with van der Waals surface area (Å²) in [6.07, 6.45) is 1.79. The Hall–Kier alpha value is -2.15. The van der Waals surface area contributed by atoms with Crippen molar-refractivity contribution in [1.29, 1.82) is 0 Å². The molecular formula is C13H13ClN2O5. The number of carbonyl (C=O) groups excluding carboxylic acids is 1. The molecule has 1 amide bonds. The van der Waals surface area contributed by atoms with Crippen LogP contribution in [0.1, 0.15) is 29.6 Å². The fourth-order valence-corrected chi connectivity index (χ4v) is 2.58. The average Bonchev–Trinajstić information content (AvgIpc) is 2.46. The second kappa shape index (κ2) is 6.09. The molecule has 1 aromatic rings. The van der Waals surface area contributed by atoms with Gasteiger partial charge in [0.1, 0.15) is 6.04 Å². The molecule has 0 bridgehead atoms. The maximum absolute atomic E-state index is 12.5. The SMILES string of the molecule is O=C(O)[C@@H]1CCCCN1C(=O)c1cc([N+](=O)[O-])ccc1Cl. The highest BCUT2D eigenvalue weighted by atomic mass is 35.5. The first-order chi connectivity index (χ1) is 9.91. The second-order valence-electron chi connectivity index (χ2n) is 4.77. The van der Waals surface area contributed by atoms with Crippen molar-refractivity contribution < 1.29 is 19.6 Å². The van der Waals surface area contributed by atoms with Gasteiger partial charge in [0.25, 0.3) is 11.6 Å². The Morgan fingerprint density at radius 3 is 2.71 bits per heavy atom. The molecule has 8 heteroatoms. The van der Waals surface area contributed by atoms with Crippen LogP contribution in [0.25, 0.3) is 0 Å². The van der Waals surface area contributed by atoms with Gasteiger partial charge in [-0.2, -0.15) is 0 Å². The Balaban J connectivity index is 2.36. The molecule has 0 unspecified atom stereocenters. The van der Waals surface area contributed by atoms with Crippen LogP contribution in [0.15, 0.2) is 18.2 Å². The van der Waals surface area contributed by atoms with Crippen LogP contribution in [0, 0.1) is 10.1 Å². The first-order valence-corrected chi connectivity index (χ1v) is 6.77. The molecule has 1 saturated heterocycles. The molecule has 2 rings (SSSR count). The third-order valence-electron chi connectivity index (χ3n) is 3.44. The van der Waals surface area contributed by atoms with E-state index < -0.39 is 22.8 Å². The van der Waals surface area contributed by atoms with Crippen molar-refractivity contribution >= 4 is 29.2 Å². The number of benzene rings is 1. The molecule has 1 aromatic carbocycles. The summed E-state index contributed by atoms with van der Waals surface area (Å²) in [7, 11) is 0. The molecule has 21 heavy (non-hydrogen) atoms. The summed E-state index contributed by atoms with van der Waals surface area (Å²) in [6.45, 7) is 0.300. The van der Waals surface area contributed by atoms with E-state index >= 15 is 0 Å². The summed E-state index contributed by atoms with van der Waals surface area (Å²) in [4.78, 5) is 35.1. The van der Waals surface area contributed by atoms with E-state index in [4.69, 9.17) is 11.6 Å². The van der Waals surface area contributed by atoms with Gasteiger partial charge in [0, 0.05) is 18.7 Å². The lowest BCUT2D eigenvalue weighted by atomic mass is 10.0. The number of aliphatic carboxylic acids is 1. The lowest BCUT2D eigenvalue weighted by molar-refractivity contribution is -0.384. The molecule has 1 atom stereocenters. The first-order valence-electron chi connectivity index (χ1n) is 6.39. The molecule has 1 N–H and O–H groups in total. The van der Waals surface area contributed by atoms with Crippen LogP contribution in [0.2, 0.25) is 5.02 Å². The number of carboxylic acid groups (broad SMARTS) is 1. The number of halogens is 1. The Bertz CT molecular complexity index is 604. The van der Waals surface area contributed by atoms with Crippen molar-refractivity contribution in [2.45, 2.75) is 25.3 Å². The van der Waals surface area contributed by atoms with Crippen molar-refractivity contribution in [3.8, 4) is 0 Å². The maximum atomic E-state index is 12.5. The van der Waals surface area contributed by atoms with E-state index in [1.807, 2.05) is 0 Å². The van der Waals surface area contributed by atoms with E-state index in [1.165, 1.54) is 17.0 Å². The van der Waals surface area contributed by atoms with Gasteiger partial charge in [-0.25, -0.2) is 4.79 Å². The molecule has 7 nitrogen and oxygen atoms in total. The number of amides is 1. The molecule has 0 aromatic heterocycles. The lowest BCUT2D eigenvalue weighted by Crippen LogP contribution is -2.48. The normalized spacial score (nSPS) is 18.3. The van der Waals surface area contributed by atoms with Crippen molar-refractivity contribution in [2.75, 3.05) is 6.54 Å². The molecule has 0 aliphatic carbocycles. The number of hydrogen-bond acceptors (Lipinski definition) is 4. The summed E-state index contributed by atoms with van der Waals surface area (Å²) < 4.78 is 0. The zero-order valence-electron chi connectivity index (χ0n) is 11.0. The van der Waals surface area contributed by atoms with Crippen LogP contribution in [0.3, 0.4) is 0 Å². The number of hydrogen-bond donors (Lipinski definition) is 1. The fourth-order valence-electron chi connectivity index (χ4n) is 2.38. The van der Waals surface area contributed by atoms with E-state index in [0.717, 1.165) is 12.5 Å². The van der Waals surface area contributed by atoms with Gasteiger partial charge in [-0.05, 0) is 25.3 Å². The largest absolute Gasteiger partial charge is 0.480 e. The van der Waals surface area contributed by atoms with Gasteiger partial charge in [0.2, 0.25) is 0 Å². The summed E-state index contributed by atoms with van der Waals surface area (Å²) in [6, 6.07) is 2.64. The van der Waals surface area contributed by atoms with Crippen molar-refractivity contribution in [1.82, 2.24) is 4.90 Å². The Kier molecular flexibility index (Phi) is 4.42. The number of piperidine rings is 1. The van der Waals surface area contributed by atoms with Gasteiger partial charge in [0.05, 0.1) is 15.5 Å². The highest BCUT2D eigenvalue weighted by molar-refractivity contribution is 6.34. The Morgan fingerprint density at radius 1 is 1.38 bits per heavy atom. The number of carbonyl (C=O) groups is 2. The fraction of sp³-hybridized carbons (Fsp3) is 0.385. The lowest BCUT2D eigenvalue weighted by Gasteiger charge is -2.33. The summed E-state index contributed by atoms with van der Waals surface area (Å²) in [5, 5.41) is 20.0. The highest BCUT2D eigenvalue weighted by Crippen LogP contribution is 2.26. The predicted molar refractivity (Wildman–Crippen MR) is 74.4 cm³/mol. The number of nitro groups is 1. The minimum atomic E-state index is -1.08. The molecule has 1 heterocycles. The van der Waals surface area contributed by atoms with Gasteiger partial charge >= 0.3 is 5.97 Å². The third-order valence-corrected chi connectivity index (χ3v) is 3.77. The summed E-state index contributed by atoms with van der Waals surface area (Å²) >= 11 is 5.92. The molecule has 1 fully saturated rings. The van der Waals surface area contributed by atoms with Crippen LogP contribution < -0.4 is 0 Å². The van der Waals surface area contributed by atoms with E-state index in [2.05, 4.69) is 0 Å². The standard InChI is InChI=1S/C13H13ClN2O5/c14-10-5-4-8(16(20)21)7-9(10)12(17)15-6-2-1-3-11(15)13(18)19/h4-5,7,11H,1-3,6H2,(H,18,19)/t11-/m0/s1. The number of rotatable bonds is 3. The molecule has 1 aliphatic rings. The van der Waals surface area contributed by atoms with E-state index in [0.29, 0.717) is 19.4 Å². The van der Waals surface area contributed by atoms with Crippen molar-refractivity contribution in [3.63, 3.8) is 0 Å². The van der Waals surface area contributed by atoms with Crippen molar-refractivity contribution in [2.24, 2.45) is 0 Å². The molecule has 0 saturated carbocycles. The number of carboxylic acids is 1. The van der Waals surface area contributed by atoms with Gasteiger partial charge in [-0.3, -0.25) is 14.9 Å². The van der Waals surface area contributed by atoms with Crippen LogP contribution in [-0.2, 0) is 4.79 Å². The number of nitrogens with zero attached hydrogens (tertiary/aromatic N) is 2. The second-order valence-corrected chi connectivity index (χ2v) is 5.18. The third kappa shape index (κ3) is 3.13. The average molecular weight is 313 g/mol. The van der Waals surface area contributed by atoms with Gasteiger partial charge in [-0.15, -0.1) is 0 Å². The maximum Gasteiger partial charge on any atom is 0.326 e. The highest BCUT2D eigenvalue weighted by Gasteiger charge is 2.33. The minimum Gasteiger partial charge on any atom is -0.480 e. The number of nitro benzene ring substituents is 1. The quantitative estimate of drug-likeness (QED) is 0.682. The number of likely N-dealkylation sites (tertiary alicyclic amines) is 1. The zero-order valence-corrected chi connectivity index (χ0v) is 11.7. The minimum absolute atomic E-state index is 0.0426. The topological polar surface area (TPSA) is 101 Å². The van der Waals surface area contributed by atoms with Crippen LogP contribution in [0.4, 0.5) is 5.69 Å².